The highest BCUT2D eigenvalue weighted by Gasteiger charge is 2.44. The fourth-order valence-corrected chi connectivity index (χ4v) is 5.83. The first-order valence-corrected chi connectivity index (χ1v) is 13.2. The quantitative estimate of drug-likeness (QED) is 0.467. The van der Waals surface area contributed by atoms with Gasteiger partial charge >= 0.3 is 0 Å². The maximum absolute atomic E-state index is 13.4. The van der Waals surface area contributed by atoms with E-state index in [1.807, 2.05) is 66.5 Å². The summed E-state index contributed by atoms with van der Waals surface area (Å²) in [7, 11) is 7.26. The highest BCUT2D eigenvalue weighted by molar-refractivity contribution is 6.08. The van der Waals surface area contributed by atoms with Gasteiger partial charge in [-0.1, -0.05) is 6.07 Å². The van der Waals surface area contributed by atoms with Gasteiger partial charge in [-0.3, -0.25) is 9.79 Å². The van der Waals surface area contributed by atoms with E-state index >= 15 is 0 Å². The highest BCUT2D eigenvalue weighted by Crippen LogP contribution is 2.39. The Hall–Kier alpha value is -4.21. The monoisotopic (exact) mass is 525 g/mol. The zero-order valence-electron chi connectivity index (χ0n) is 22.7. The van der Waals surface area contributed by atoms with Crippen LogP contribution in [0.3, 0.4) is 0 Å². The second-order valence-electron chi connectivity index (χ2n) is 10.2. The van der Waals surface area contributed by atoms with Crippen LogP contribution in [-0.2, 0) is 7.05 Å². The molecule has 2 aromatic carbocycles. The molecule has 6 rings (SSSR count). The summed E-state index contributed by atoms with van der Waals surface area (Å²) in [6, 6.07) is 13.4. The lowest BCUT2D eigenvalue weighted by Crippen LogP contribution is -2.43. The molecule has 3 aromatic rings. The number of hydrogen-bond donors (Lipinski definition) is 2. The SMILES string of the molecule is COc1cc(C2=NC(C3CCNCC3)=C3C=NC=C[N+]23C)ccc1NC(=O)c1cc2c(OC)cccc2n1C. The molecular weight excluding hydrogens is 492 g/mol. The van der Waals surface area contributed by atoms with E-state index in [-0.39, 0.29) is 5.91 Å². The van der Waals surface area contributed by atoms with E-state index in [1.165, 1.54) is 0 Å². The molecule has 3 aliphatic heterocycles. The van der Waals surface area contributed by atoms with E-state index in [1.54, 1.807) is 14.2 Å². The number of allylic oxidation sites excluding steroid dienone is 2. The van der Waals surface area contributed by atoms with Gasteiger partial charge in [-0.05, 0) is 62.3 Å². The number of amides is 1. The zero-order chi connectivity index (χ0) is 27.1. The van der Waals surface area contributed by atoms with Gasteiger partial charge in [0.1, 0.15) is 29.1 Å². The Morgan fingerprint density at radius 1 is 1.10 bits per heavy atom. The fourth-order valence-electron chi connectivity index (χ4n) is 5.83. The van der Waals surface area contributed by atoms with Crippen molar-refractivity contribution < 1.29 is 18.8 Å². The summed E-state index contributed by atoms with van der Waals surface area (Å²) in [6.07, 6.45) is 7.95. The number of fused-ring (bicyclic) bond motifs is 2. The molecule has 0 radical (unpaired) electrons. The number of benzene rings is 2. The topological polar surface area (TPSA) is 89.2 Å². The molecule has 39 heavy (non-hydrogen) atoms. The average Bonchev–Trinajstić information content (AvgIpc) is 3.48. The Kier molecular flexibility index (Phi) is 6.32. The normalized spacial score (nSPS) is 20.8. The number of piperidine rings is 1. The summed E-state index contributed by atoms with van der Waals surface area (Å²) in [6.45, 7) is 1.99. The van der Waals surface area contributed by atoms with Gasteiger partial charge < -0.3 is 24.7 Å². The van der Waals surface area contributed by atoms with Gasteiger partial charge in [0, 0.05) is 18.4 Å². The largest absolute Gasteiger partial charge is 0.496 e. The number of methoxy groups -OCH3 is 2. The molecule has 0 aliphatic carbocycles. The summed E-state index contributed by atoms with van der Waals surface area (Å²) in [4.78, 5) is 23.0. The Bertz CT molecular complexity index is 1590. The van der Waals surface area contributed by atoms with Crippen LogP contribution in [0.5, 0.6) is 11.5 Å². The average molecular weight is 526 g/mol. The van der Waals surface area contributed by atoms with Crippen molar-refractivity contribution in [1.82, 2.24) is 9.88 Å². The second-order valence-corrected chi connectivity index (χ2v) is 10.2. The van der Waals surface area contributed by atoms with Crippen LogP contribution in [0.15, 0.2) is 76.2 Å². The molecule has 1 atom stereocenters. The summed E-state index contributed by atoms with van der Waals surface area (Å²) in [5.74, 6) is 2.38. The minimum absolute atomic E-state index is 0.230. The van der Waals surface area contributed by atoms with Crippen LogP contribution in [0, 0.1) is 5.92 Å². The molecular formula is C30H33N6O3+. The third-order valence-corrected chi connectivity index (χ3v) is 8.01. The number of aromatic nitrogens is 1. The van der Waals surface area contributed by atoms with Gasteiger partial charge in [0.15, 0.2) is 5.70 Å². The van der Waals surface area contributed by atoms with Crippen LogP contribution in [0.4, 0.5) is 5.69 Å². The molecule has 3 aliphatic rings. The van der Waals surface area contributed by atoms with E-state index in [0.717, 1.165) is 65.4 Å². The number of nitrogens with one attached hydrogen (secondary N) is 2. The van der Waals surface area contributed by atoms with Gasteiger partial charge in [0.2, 0.25) is 5.84 Å². The standard InChI is InChI=1S/C30H32N6O3/c1-35-23-6-5-7-26(38-3)21(23)17-24(35)30(37)33-22-9-8-20(16-27(22)39-4)29-34-28(19-10-12-31-13-11-19)25-18-32-14-15-36(25,29)2/h5-9,14-19,31H,10-13H2,1-4H3/p+1. The number of hydrogen-bond acceptors (Lipinski definition) is 6. The first-order chi connectivity index (χ1) is 18.9. The van der Waals surface area contributed by atoms with Gasteiger partial charge in [-0.15, -0.1) is 0 Å². The van der Waals surface area contributed by atoms with Crippen molar-refractivity contribution in [1.29, 1.82) is 0 Å². The first-order valence-electron chi connectivity index (χ1n) is 13.2. The van der Waals surface area contributed by atoms with Crippen molar-refractivity contribution >= 4 is 34.5 Å². The van der Waals surface area contributed by atoms with Crippen LogP contribution >= 0.6 is 0 Å². The number of ether oxygens (including phenoxy) is 2. The van der Waals surface area contributed by atoms with Gasteiger partial charge in [0.25, 0.3) is 5.91 Å². The van der Waals surface area contributed by atoms with Crippen molar-refractivity contribution in [3.8, 4) is 11.5 Å². The molecule has 0 bridgehead atoms. The smallest absolute Gasteiger partial charge is 0.272 e. The number of aryl methyl sites for hydroxylation is 1. The summed E-state index contributed by atoms with van der Waals surface area (Å²) in [5, 5.41) is 7.37. The molecule has 9 heteroatoms. The van der Waals surface area contributed by atoms with E-state index in [2.05, 4.69) is 28.9 Å². The number of nitrogens with zero attached hydrogens (tertiary/aromatic N) is 4. The minimum atomic E-state index is -0.230. The maximum atomic E-state index is 13.4. The van der Waals surface area contributed by atoms with Gasteiger partial charge in [0.05, 0.1) is 50.4 Å². The Morgan fingerprint density at radius 2 is 1.90 bits per heavy atom. The summed E-state index contributed by atoms with van der Waals surface area (Å²) < 4.78 is 13.6. The Balaban J connectivity index is 1.32. The minimum Gasteiger partial charge on any atom is -0.496 e. The molecule has 1 saturated heterocycles. The number of carbonyl (C=O) groups is 1. The molecule has 1 aromatic heterocycles. The predicted molar refractivity (Wildman–Crippen MR) is 153 cm³/mol. The third kappa shape index (κ3) is 4.14. The van der Waals surface area contributed by atoms with Crippen LogP contribution in [0.25, 0.3) is 10.9 Å². The lowest BCUT2D eigenvalue weighted by Gasteiger charge is -2.29. The molecule has 1 unspecified atom stereocenters. The van der Waals surface area contributed by atoms with Crippen LogP contribution in [0.1, 0.15) is 28.9 Å². The Labute approximate surface area is 227 Å². The number of carbonyl (C=O) groups excluding carboxylic acids is 1. The van der Waals surface area contributed by atoms with Crippen molar-refractivity contribution in [3.05, 3.63) is 77.5 Å². The number of quaternary nitrogens is 1. The number of amidine groups is 1. The van der Waals surface area contributed by atoms with Crippen LogP contribution < -0.4 is 20.1 Å². The first kappa shape index (κ1) is 25.1. The molecule has 2 N–H and O–H groups in total. The number of aliphatic imine (C=N–C) groups is 2. The van der Waals surface area contributed by atoms with Crippen molar-refractivity contribution in [2.45, 2.75) is 12.8 Å². The van der Waals surface area contributed by atoms with E-state index in [9.17, 15) is 4.79 Å². The van der Waals surface area contributed by atoms with Crippen LogP contribution in [-0.4, -0.2) is 61.4 Å². The van der Waals surface area contributed by atoms with Crippen molar-refractivity contribution in [3.63, 3.8) is 0 Å². The van der Waals surface area contributed by atoms with Crippen molar-refractivity contribution in [2.75, 3.05) is 39.7 Å². The molecule has 0 saturated carbocycles. The van der Waals surface area contributed by atoms with Crippen LogP contribution in [0.2, 0.25) is 0 Å². The highest BCUT2D eigenvalue weighted by atomic mass is 16.5. The molecule has 1 amide bonds. The lowest BCUT2D eigenvalue weighted by molar-refractivity contribution is -0.713. The van der Waals surface area contributed by atoms with E-state index in [0.29, 0.717) is 27.5 Å². The van der Waals surface area contributed by atoms with Gasteiger partial charge in [-0.25, -0.2) is 4.48 Å². The second kappa shape index (κ2) is 9.83. The molecule has 1 fully saturated rings. The Morgan fingerprint density at radius 3 is 2.67 bits per heavy atom. The number of anilines is 1. The summed E-state index contributed by atoms with van der Waals surface area (Å²) >= 11 is 0. The molecule has 200 valence electrons. The van der Waals surface area contributed by atoms with Crippen molar-refractivity contribution in [2.24, 2.45) is 23.0 Å². The fraction of sp³-hybridized carbons (Fsp3) is 0.300. The lowest BCUT2D eigenvalue weighted by atomic mass is 9.93. The van der Waals surface area contributed by atoms with Gasteiger partial charge in [-0.2, -0.15) is 4.99 Å². The predicted octanol–water partition coefficient (Wildman–Crippen LogP) is 4.42. The van der Waals surface area contributed by atoms with E-state index in [4.69, 9.17) is 14.5 Å². The zero-order valence-corrected chi connectivity index (χ0v) is 22.7. The molecule has 9 nitrogen and oxygen atoms in total. The summed E-state index contributed by atoms with van der Waals surface area (Å²) in [5.41, 5.74) is 5.20. The maximum Gasteiger partial charge on any atom is 0.272 e. The third-order valence-electron chi connectivity index (χ3n) is 8.01. The molecule has 0 spiro atoms. The molecule has 4 heterocycles. The number of rotatable bonds is 6. The van der Waals surface area contributed by atoms with E-state index < -0.39 is 0 Å².